The van der Waals surface area contributed by atoms with Crippen molar-refractivity contribution >= 4 is 17.6 Å². The molecule has 0 amide bonds. The summed E-state index contributed by atoms with van der Waals surface area (Å²) in [4.78, 5) is 60.2. The Morgan fingerprint density at radius 1 is 1.21 bits per heavy atom. The van der Waals surface area contributed by atoms with Crippen LogP contribution >= 0.6 is 0 Å². The normalized spacial score (nSPS) is 19.8. The number of nitrogens with zero attached hydrogens (tertiary/aromatic N) is 2. The van der Waals surface area contributed by atoms with E-state index < -0.39 is 46.5 Å². The number of aromatic amines is 1. The van der Waals surface area contributed by atoms with Crippen molar-refractivity contribution in [1.82, 2.24) is 9.55 Å². The third-order valence-electron chi connectivity index (χ3n) is 5.13. The molecule has 176 valence electrons. The number of aromatic nitrogens is 2. The van der Waals surface area contributed by atoms with E-state index in [1.165, 1.54) is 35.0 Å². The molecular weight excluding hydrogens is 438 g/mol. The molecule has 12 heteroatoms. The Balaban J connectivity index is 1.53. The molecule has 1 saturated heterocycles. The van der Waals surface area contributed by atoms with E-state index in [-0.39, 0.29) is 30.7 Å². The van der Waals surface area contributed by atoms with Gasteiger partial charge in [0.25, 0.3) is 11.2 Å². The first kappa shape index (κ1) is 23.9. The Bertz CT molecular complexity index is 1150. The zero-order valence-electron chi connectivity index (χ0n) is 18.0. The number of ether oxygens (including phenoxy) is 3. The Labute approximate surface area is 187 Å². The van der Waals surface area contributed by atoms with Crippen LogP contribution in [0.5, 0.6) is 5.75 Å². The number of rotatable bonds is 8. The summed E-state index contributed by atoms with van der Waals surface area (Å²) in [6.07, 6.45) is -0.137. The lowest BCUT2D eigenvalue weighted by atomic mass is 10.1. The number of hydrogen-bond acceptors (Lipinski definition) is 9. The summed E-state index contributed by atoms with van der Waals surface area (Å²) in [6.45, 7) is 3.41. The minimum absolute atomic E-state index is 0.124. The van der Waals surface area contributed by atoms with Crippen LogP contribution in [0, 0.1) is 17.0 Å². The molecule has 1 aromatic carbocycles. The van der Waals surface area contributed by atoms with E-state index in [0.29, 0.717) is 12.0 Å². The number of esters is 2. The molecular formula is C21H23N3O9. The number of nitro groups is 1. The Kier molecular flexibility index (Phi) is 7.38. The van der Waals surface area contributed by atoms with E-state index in [2.05, 4.69) is 4.98 Å². The van der Waals surface area contributed by atoms with Crippen LogP contribution in [0.3, 0.4) is 0 Å². The quantitative estimate of drug-likeness (QED) is 0.267. The maximum Gasteiger partial charge on any atom is 0.330 e. The van der Waals surface area contributed by atoms with Crippen LogP contribution in [0.25, 0.3) is 0 Å². The van der Waals surface area contributed by atoms with Gasteiger partial charge in [0.15, 0.2) is 0 Å². The lowest BCUT2D eigenvalue weighted by Crippen LogP contribution is -2.33. The van der Waals surface area contributed by atoms with Crippen LogP contribution in [0.1, 0.15) is 44.4 Å². The number of carbonyl (C=O) groups excluding carboxylic acids is 2. The smallest absolute Gasteiger partial charge is 0.330 e. The molecule has 1 aromatic heterocycles. The van der Waals surface area contributed by atoms with Gasteiger partial charge in [-0.05, 0) is 25.5 Å². The number of H-pyrrole nitrogens is 1. The van der Waals surface area contributed by atoms with E-state index in [1.807, 2.05) is 6.92 Å². The van der Waals surface area contributed by atoms with Crippen LogP contribution < -0.4 is 16.0 Å². The van der Waals surface area contributed by atoms with Crippen molar-refractivity contribution in [2.75, 3.05) is 0 Å². The largest absolute Gasteiger partial charge is 0.459 e. The number of nitro benzene ring substituents is 1. The van der Waals surface area contributed by atoms with Gasteiger partial charge >= 0.3 is 17.6 Å². The van der Waals surface area contributed by atoms with E-state index in [1.54, 1.807) is 6.92 Å². The minimum Gasteiger partial charge on any atom is -0.459 e. The number of aryl methyl sites for hydroxylation is 1. The van der Waals surface area contributed by atoms with Crippen molar-refractivity contribution in [1.29, 1.82) is 0 Å². The topological polar surface area (TPSA) is 160 Å². The van der Waals surface area contributed by atoms with Crippen molar-refractivity contribution in [3.05, 3.63) is 67.0 Å². The van der Waals surface area contributed by atoms with Crippen molar-refractivity contribution in [2.45, 2.75) is 58.0 Å². The van der Waals surface area contributed by atoms with E-state index >= 15 is 0 Å². The molecule has 2 heterocycles. The zero-order chi connectivity index (χ0) is 24.1. The second-order valence-electron chi connectivity index (χ2n) is 7.51. The third-order valence-corrected chi connectivity index (χ3v) is 5.13. The van der Waals surface area contributed by atoms with Gasteiger partial charge in [0.1, 0.15) is 18.1 Å². The van der Waals surface area contributed by atoms with Gasteiger partial charge < -0.3 is 14.2 Å². The van der Waals surface area contributed by atoms with Crippen LogP contribution in [0.15, 0.2) is 40.1 Å². The van der Waals surface area contributed by atoms with E-state index in [0.717, 1.165) is 0 Å². The van der Waals surface area contributed by atoms with Gasteiger partial charge in [0.05, 0.1) is 23.9 Å². The van der Waals surface area contributed by atoms with Crippen LogP contribution in [-0.2, 0) is 19.1 Å². The number of carbonyl (C=O) groups is 2. The minimum atomic E-state index is -0.706. The van der Waals surface area contributed by atoms with Crippen LogP contribution in [0.4, 0.5) is 5.69 Å². The molecule has 2 aromatic rings. The van der Waals surface area contributed by atoms with Crippen molar-refractivity contribution < 1.29 is 28.7 Å². The molecule has 12 nitrogen and oxygen atoms in total. The summed E-state index contributed by atoms with van der Waals surface area (Å²) in [5.74, 6) is -1.20. The van der Waals surface area contributed by atoms with Gasteiger partial charge in [-0.15, -0.1) is 0 Å². The van der Waals surface area contributed by atoms with Crippen LogP contribution in [0.2, 0.25) is 0 Å². The number of non-ortho nitro benzene ring substituents is 1. The second kappa shape index (κ2) is 10.2. The van der Waals surface area contributed by atoms with E-state index in [9.17, 15) is 29.3 Å². The predicted octanol–water partition coefficient (Wildman–Crippen LogP) is 1.75. The molecule has 1 N–H and O–H groups in total. The van der Waals surface area contributed by atoms with Gasteiger partial charge in [0, 0.05) is 30.3 Å². The summed E-state index contributed by atoms with van der Waals surface area (Å²) >= 11 is 0. The fourth-order valence-electron chi connectivity index (χ4n) is 3.41. The second-order valence-corrected chi connectivity index (χ2v) is 7.51. The zero-order valence-corrected chi connectivity index (χ0v) is 18.0. The van der Waals surface area contributed by atoms with Crippen LogP contribution in [-0.4, -0.2) is 38.6 Å². The molecule has 1 unspecified atom stereocenters. The van der Waals surface area contributed by atoms with E-state index in [4.69, 9.17) is 14.2 Å². The van der Waals surface area contributed by atoms with Gasteiger partial charge in [-0.3, -0.25) is 34.0 Å². The molecule has 1 aliphatic heterocycles. The highest BCUT2D eigenvalue weighted by Crippen LogP contribution is 2.31. The highest BCUT2D eigenvalue weighted by molar-refractivity contribution is 5.79. The first-order valence-corrected chi connectivity index (χ1v) is 10.3. The molecule has 1 aliphatic rings. The molecule has 0 spiro atoms. The SMILES string of the molecule is CC[C@H]1O[C@@H](n2cc(C)c(=O)[nH]c2=O)CC1OC(=O)CCC(=O)Oc1ccc([N+](=O)[O-])cc1. The lowest BCUT2D eigenvalue weighted by Gasteiger charge is -2.17. The fourth-order valence-corrected chi connectivity index (χ4v) is 3.41. The van der Waals surface area contributed by atoms with Crippen molar-refractivity contribution in [2.24, 2.45) is 0 Å². The van der Waals surface area contributed by atoms with Crippen molar-refractivity contribution in [3.8, 4) is 5.75 Å². The molecule has 0 radical (unpaired) electrons. The molecule has 1 fully saturated rings. The summed E-state index contributed by atoms with van der Waals surface area (Å²) in [5, 5.41) is 10.7. The van der Waals surface area contributed by atoms with Crippen molar-refractivity contribution in [3.63, 3.8) is 0 Å². The summed E-state index contributed by atoms with van der Waals surface area (Å²) in [6, 6.07) is 4.98. The molecule has 0 saturated carbocycles. The predicted molar refractivity (Wildman–Crippen MR) is 113 cm³/mol. The average Bonchev–Trinajstić information content (AvgIpc) is 3.17. The molecule has 3 rings (SSSR count). The first-order valence-electron chi connectivity index (χ1n) is 10.3. The Morgan fingerprint density at radius 3 is 2.52 bits per heavy atom. The Hall–Kier alpha value is -3.80. The molecule has 3 atom stereocenters. The van der Waals surface area contributed by atoms with Gasteiger partial charge in [-0.25, -0.2) is 4.79 Å². The third kappa shape index (κ3) is 5.92. The highest BCUT2D eigenvalue weighted by atomic mass is 16.6. The molecule has 33 heavy (non-hydrogen) atoms. The summed E-state index contributed by atoms with van der Waals surface area (Å²) in [5.41, 5.74) is -0.894. The maximum absolute atomic E-state index is 12.3. The average molecular weight is 461 g/mol. The monoisotopic (exact) mass is 461 g/mol. The number of nitrogens with one attached hydrogen (secondary N) is 1. The van der Waals surface area contributed by atoms with Gasteiger partial charge in [-0.2, -0.15) is 0 Å². The summed E-state index contributed by atoms with van der Waals surface area (Å²) in [7, 11) is 0. The first-order chi connectivity index (χ1) is 15.7. The molecule has 0 aliphatic carbocycles. The standard InChI is InChI=1S/C21H23N3O9/c1-3-15-16(10-17(32-15)23-11-12(2)20(27)22-21(23)28)33-19(26)9-8-18(25)31-14-6-4-13(5-7-14)24(29)30/h4-7,11,15-17H,3,8-10H2,1-2H3,(H,22,27,28)/t15-,16?,17-/m1/s1. The molecule has 0 bridgehead atoms. The Morgan fingerprint density at radius 2 is 1.88 bits per heavy atom. The van der Waals surface area contributed by atoms with Gasteiger partial charge in [0.2, 0.25) is 0 Å². The lowest BCUT2D eigenvalue weighted by molar-refractivity contribution is -0.384. The van der Waals surface area contributed by atoms with Gasteiger partial charge in [-0.1, -0.05) is 6.92 Å². The maximum atomic E-state index is 12.3. The number of benzene rings is 1. The fraction of sp³-hybridized carbons (Fsp3) is 0.429. The number of hydrogen-bond donors (Lipinski definition) is 1. The highest BCUT2D eigenvalue weighted by Gasteiger charge is 2.38. The summed E-state index contributed by atoms with van der Waals surface area (Å²) < 4.78 is 17.6.